The fourth-order valence-corrected chi connectivity index (χ4v) is 1.94. The molecule has 2 aromatic rings. The molecule has 0 bridgehead atoms. The van der Waals surface area contributed by atoms with Crippen molar-refractivity contribution in [3.05, 3.63) is 36.0 Å². The number of aromatic nitrogens is 4. The van der Waals surface area contributed by atoms with Gasteiger partial charge in [0.05, 0.1) is 18.3 Å². The van der Waals surface area contributed by atoms with Crippen LogP contribution in [0, 0.1) is 0 Å². The largest absolute Gasteiger partial charge is 0.382 e. The van der Waals surface area contributed by atoms with Gasteiger partial charge < -0.3 is 10.1 Å². The van der Waals surface area contributed by atoms with Crippen molar-refractivity contribution >= 4 is 5.82 Å². The third-order valence-electron chi connectivity index (χ3n) is 2.96. The highest BCUT2D eigenvalue weighted by Gasteiger charge is 2.15. The highest BCUT2D eigenvalue weighted by molar-refractivity contribution is 5.37. The summed E-state index contributed by atoms with van der Waals surface area (Å²) < 4.78 is 7.10. The number of aryl methyl sites for hydroxylation is 2. The van der Waals surface area contributed by atoms with Crippen LogP contribution in [0.1, 0.15) is 24.4 Å². The van der Waals surface area contributed by atoms with E-state index in [0.717, 1.165) is 23.6 Å². The minimum Gasteiger partial charge on any atom is -0.382 e. The van der Waals surface area contributed by atoms with Crippen LogP contribution in [0.3, 0.4) is 0 Å². The van der Waals surface area contributed by atoms with Crippen molar-refractivity contribution < 1.29 is 4.74 Å². The number of rotatable bonds is 6. The minimum atomic E-state index is 0.0112. The van der Waals surface area contributed by atoms with Gasteiger partial charge in [0.1, 0.15) is 12.1 Å². The molecule has 1 N–H and O–H groups in total. The van der Waals surface area contributed by atoms with E-state index in [1.54, 1.807) is 19.6 Å². The zero-order valence-electron chi connectivity index (χ0n) is 11.5. The van der Waals surface area contributed by atoms with Crippen molar-refractivity contribution in [3.63, 3.8) is 0 Å². The Kier molecular flexibility index (Phi) is 4.46. The molecule has 0 amide bonds. The summed E-state index contributed by atoms with van der Waals surface area (Å²) in [4.78, 5) is 8.43. The lowest BCUT2D eigenvalue weighted by Gasteiger charge is -2.18. The van der Waals surface area contributed by atoms with E-state index in [4.69, 9.17) is 4.74 Å². The molecule has 2 aromatic heterocycles. The van der Waals surface area contributed by atoms with Gasteiger partial charge in [-0.25, -0.2) is 9.97 Å². The molecule has 0 saturated carbocycles. The summed E-state index contributed by atoms with van der Waals surface area (Å²) in [5, 5.41) is 7.54. The number of ether oxygens (including phenoxy) is 1. The van der Waals surface area contributed by atoms with E-state index in [1.165, 1.54) is 0 Å². The van der Waals surface area contributed by atoms with Gasteiger partial charge in [-0.15, -0.1) is 0 Å². The first kappa shape index (κ1) is 13.5. The molecular formula is C13H19N5O. The molecule has 102 valence electrons. The van der Waals surface area contributed by atoms with Crippen LogP contribution in [0.15, 0.2) is 24.7 Å². The maximum absolute atomic E-state index is 5.26. The number of hydrogen-bond acceptors (Lipinski definition) is 5. The molecule has 0 spiro atoms. The van der Waals surface area contributed by atoms with Crippen LogP contribution in [0.25, 0.3) is 0 Å². The molecule has 6 heteroatoms. The highest BCUT2D eigenvalue weighted by atomic mass is 16.5. The van der Waals surface area contributed by atoms with Crippen LogP contribution >= 0.6 is 0 Å². The average Bonchev–Trinajstić information content (AvgIpc) is 2.85. The third-order valence-corrected chi connectivity index (χ3v) is 2.96. The number of nitrogens with zero attached hydrogens (tertiary/aromatic N) is 4. The first-order chi connectivity index (χ1) is 9.24. The lowest BCUT2D eigenvalue weighted by Crippen LogP contribution is -2.20. The van der Waals surface area contributed by atoms with E-state index in [2.05, 4.69) is 27.3 Å². The van der Waals surface area contributed by atoms with Crippen molar-refractivity contribution in [2.24, 2.45) is 7.05 Å². The number of methoxy groups -OCH3 is 1. The van der Waals surface area contributed by atoms with Gasteiger partial charge in [0.25, 0.3) is 0 Å². The molecule has 0 fully saturated rings. The Hall–Kier alpha value is -1.95. The molecule has 0 radical (unpaired) electrons. The second-order valence-electron chi connectivity index (χ2n) is 4.28. The Morgan fingerprint density at radius 1 is 1.42 bits per heavy atom. The van der Waals surface area contributed by atoms with Gasteiger partial charge >= 0.3 is 0 Å². The normalized spacial score (nSPS) is 12.4. The second kappa shape index (κ2) is 6.29. The molecule has 0 aliphatic rings. The third kappa shape index (κ3) is 3.29. The summed E-state index contributed by atoms with van der Waals surface area (Å²) in [7, 11) is 3.60. The van der Waals surface area contributed by atoms with Crippen LogP contribution in [-0.4, -0.2) is 33.5 Å². The summed E-state index contributed by atoms with van der Waals surface area (Å²) in [5.41, 5.74) is 2.07. The molecule has 1 atom stereocenters. The molecule has 2 heterocycles. The van der Waals surface area contributed by atoms with E-state index < -0.39 is 0 Å². The van der Waals surface area contributed by atoms with Crippen molar-refractivity contribution in [2.75, 3.05) is 19.0 Å². The first-order valence-corrected chi connectivity index (χ1v) is 6.29. The lowest BCUT2D eigenvalue weighted by atomic mass is 10.2. The Morgan fingerprint density at radius 3 is 2.89 bits per heavy atom. The van der Waals surface area contributed by atoms with E-state index in [9.17, 15) is 0 Å². The van der Waals surface area contributed by atoms with Crippen LogP contribution in [0.2, 0.25) is 0 Å². The van der Waals surface area contributed by atoms with Crippen LogP contribution in [0.4, 0.5) is 5.82 Å². The van der Waals surface area contributed by atoms with Crippen molar-refractivity contribution in [2.45, 2.75) is 19.4 Å². The van der Waals surface area contributed by atoms with E-state index >= 15 is 0 Å². The van der Waals surface area contributed by atoms with Crippen molar-refractivity contribution in [3.8, 4) is 0 Å². The topological polar surface area (TPSA) is 64.9 Å². The average molecular weight is 261 g/mol. The van der Waals surface area contributed by atoms with Gasteiger partial charge in [0.15, 0.2) is 0 Å². The number of nitrogens with one attached hydrogen (secondary N) is 1. The van der Waals surface area contributed by atoms with Gasteiger partial charge in [-0.05, 0) is 12.5 Å². The standard InChI is InChI=1S/C13H19N5O/c1-4-10-7-13(15-9-14-10)17-11(8-19-3)12-5-6-16-18(12)2/h5-7,9,11H,4,8H2,1-3H3,(H,14,15,17)/t11-/m0/s1. The number of hydrogen-bond donors (Lipinski definition) is 1. The predicted octanol–water partition coefficient (Wildman–Crippen LogP) is 1.57. The SMILES string of the molecule is CCc1cc(N[C@@H](COC)c2ccnn2C)ncn1. The Morgan fingerprint density at radius 2 is 2.26 bits per heavy atom. The first-order valence-electron chi connectivity index (χ1n) is 6.29. The van der Waals surface area contributed by atoms with Crippen LogP contribution in [0.5, 0.6) is 0 Å². The number of anilines is 1. The van der Waals surface area contributed by atoms with Gasteiger partial charge in [-0.3, -0.25) is 4.68 Å². The van der Waals surface area contributed by atoms with E-state index in [1.807, 2.05) is 23.9 Å². The minimum absolute atomic E-state index is 0.0112. The molecule has 0 saturated heterocycles. The molecule has 19 heavy (non-hydrogen) atoms. The lowest BCUT2D eigenvalue weighted by molar-refractivity contribution is 0.184. The molecule has 2 rings (SSSR count). The van der Waals surface area contributed by atoms with E-state index in [-0.39, 0.29) is 6.04 Å². The quantitative estimate of drug-likeness (QED) is 0.855. The summed E-state index contributed by atoms with van der Waals surface area (Å²) in [6.07, 6.45) is 4.24. The fourth-order valence-electron chi connectivity index (χ4n) is 1.94. The monoisotopic (exact) mass is 261 g/mol. The van der Waals surface area contributed by atoms with Crippen molar-refractivity contribution in [1.29, 1.82) is 0 Å². The molecule has 0 aliphatic carbocycles. The maximum Gasteiger partial charge on any atom is 0.130 e. The predicted molar refractivity (Wildman–Crippen MR) is 72.9 cm³/mol. The molecule has 0 aromatic carbocycles. The zero-order chi connectivity index (χ0) is 13.7. The Labute approximate surface area is 112 Å². The van der Waals surface area contributed by atoms with Gasteiger partial charge in [-0.1, -0.05) is 6.92 Å². The summed E-state index contributed by atoms with van der Waals surface area (Å²) in [6.45, 7) is 2.62. The second-order valence-corrected chi connectivity index (χ2v) is 4.28. The zero-order valence-corrected chi connectivity index (χ0v) is 11.5. The van der Waals surface area contributed by atoms with Gasteiger partial charge in [0, 0.05) is 32.1 Å². The van der Waals surface area contributed by atoms with Crippen molar-refractivity contribution in [1.82, 2.24) is 19.7 Å². The molecular weight excluding hydrogens is 242 g/mol. The maximum atomic E-state index is 5.26. The fraction of sp³-hybridized carbons (Fsp3) is 0.462. The Bertz CT molecular complexity index is 525. The van der Waals surface area contributed by atoms with Gasteiger partial charge in [-0.2, -0.15) is 5.10 Å². The van der Waals surface area contributed by atoms with Crippen LogP contribution in [-0.2, 0) is 18.2 Å². The summed E-state index contributed by atoms with van der Waals surface area (Å²) >= 11 is 0. The Balaban J connectivity index is 2.18. The summed E-state index contributed by atoms with van der Waals surface area (Å²) in [5.74, 6) is 0.801. The smallest absolute Gasteiger partial charge is 0.130 e. The molecule has 0 unspecified atom stereocenters. The highest BCUT2D eigenvalue weighted by Crippen LogP contribution is 2.18. The molecule has 0 aliphatic heterocycles. The summed E-state index contributed by atoms with van der Waals surface area (Å²) in [6, 6.07) is 3.94. The van der Waals surface area contributed by atoms with E-state index in [0.29, 0.717) is 6.61 Å². The molecule has 6 nitrogen and oxygen atoms in total. The van der Waals surface area contributed by atoms with Gasteiger partial charge in [0.2, 0.25) is 0 Å². The van der Waals surface area contributed by atoms with Crippen LogP contribution < -0.4 is 5.32 Å².